The van der Waals surface area contributed by atoms with Gasteiger partial charge in [-0.25, -0.2) is 4.98 Å². The second kappa shape index (κ2) is 8.12. The van der Waals surface area contributed by atoms with Crippen LogP contribution < -0.4 is 15.0 Å². The number of H-pyrrole nitrogens is 1. The predicted molar refractivity (Wildman–Crippen MR) is 116 cm³/mol. The van der Waals surface area contributed by atoms with Crippen molar-refractivity contribution in [3.05, 3.63) is 75.3 Å². The fraction of sp³-hybridized carbons (Fsp3) is 0.136. The van der Waals surface area contributed by atoms with E-state index in [1.165, 1.54) is 18.8 Å². The maximum absolute atomic E-state index is 14.1. The molecule has 164 valence electrons. The van der Waals surface area contributed by atoms with Gasteiger partial charge in [0.25, 0.3) is 5.56 Å². The van der Waals surface area contributed by atoms with Crippen LogP contribution in [0.4, 0.5) is 13.2 Å². The van der Waals surface area contributed by atoms with Crippen LogP contribution in [0, 0.1) is 4.77 Å². The minimum atomic E-state index is -4.83. The van der Waals surface area contributed by atoms with E-state index >= 15 is 0 Å². The van der Waals surface area contributed by atoms with Crippen LogP contribution in [0.5, 0.6) is 11.5 Å². The van der Waals surface area contributed by atoms with Crippen LogP contribution in [-0.4, -0.2) is 28.8 Å². The highest BCUT2D eigenvalue weighted by atomic mass is 32.1. The summed E-state index contributed by atoms with van der Waals surface area (Å²) >= 11 is 5.31. The third-order valence-corrected chi connectivity index (χ3v) is 5.16. The molecule has 4 aromatic rings. The smallest absolute Gasteiger partial charge is 0.417 e. The van der Waals surface area contributed by atoms with Gasteiger partial charge in [-0.15, -0.1) is 0 Å². The van der Waals surface area contributed by atoms with Gasteiger partial charge in [0.15, 0.2) is 10.4 Å². The molecule has 0 aliphatic carbocycles. The molecule has 0 radical (unpaired) electrons. The Morgan fingerprint density at radius 3 is 2.28 bits per heavy atom. The molecule has 32 heavy (non-hydrogen) atoms. The van der Waals surface area contributed by atoms with Crippen LogP contribution in [0.2, 0.25) is 0 Å². The number of para-hydroxylation sites is 3. The van der Waals surface area contributed by atoms with Crippen LogP contribution in [0.1, 0.15) is 5.56 Å². The average molecular weight is 459 g/mol. The maximum Gasteiger partial charge on any atom is 0.417 e. The molecule has 0 aliphatic rings. The first-order chi connectivity index (χ1) is 15.3. The highest BCUT2D eigenvalue weighted by molar-refractivity contribution is 7.71. The zero-order chi connectivity index (χ0) is 23.0. The van der Waals surface area contributed by atoms with Crippen LogP contribution >= 0.6 is 12.2 Å². The summed E-state index contributed by atoms with van der Waals surface area (Å²) in [6.07, 6.45) is -4.83. The van der Waals surface area contributed by atoms with Crippen LogP contribution in [0.25, 0.3) is 28.0 Å². The molecule has 0 aliphatic heterocycles. The first-order valence-electron chi connectivity index (χ1n) is 9.30. The van der Waals surface area contributed by atoms with Gasteiger partial charge in [-0.1, -0.05) is 24.3 Å². The number of nitrogens with one attached hydrogen (secondary N) is 1. The number of rotatable bonds is 4. The topological polar surface area (TPSA) is 69.1 Å². The highest BCUT2D eigenvalue weighted by Crippen LogP contribution is 2.38. The Hall–Kier alpha value is -3.66. The largest absolute Gasteiger partial charge is 0.496 e. The molecule has 0 atom stereocenters. The van der Waals surface area contributed by atoms with Crippen molar-refractivity contribution in [3.63, 3.8) is 0 Å². The first kappa shape index (κ1) is 21.6. The predicted octanol–water partition coefficient (Wildman–Crippen LogP) is 5.15. The zero-order valence-electron chi connectivity index (χ0n) is 16.9. The van der Waals surface area contributed by atoms with Crippen LogP contribution in [0.15, 0.2) is 59.4 Å². The van der Waals surface area contributed by atoms with Gasteiger partial charge in [-0.05, 0) is 42.5 Å². The number of ether oxygens (including phenoxy) is 2. The normalized spacial score (nSPS) is 11.5. The third kappa shape index (κ3) is 3.62. The number of aromatic nitrogens is 3. The lowest BCUT2D eigenvalue weighted by molar-refractivity contribution is -0.136. The number of nitrogens with zero attached hydrogens (tertiary/aromatic N) is 2. The van der Waals surface area contributed by atoms with E-state index in [2.05, 4.69) is 9.97 Å². The molecular weight excluding hydrogens is 443 g/mol. The fourth-order valence-corrected chi connectivity index (χ4v) is 3.76. The fourth-order valence-electron chi connectivity index (χ4n) is 3.48. The van der Waals surface area contributed by atoms with Gasteiger partial charge >= 0.3 is 6.18 Å². The van der Waals surface area contributed by atoms with Crippen molar-refractivity contribution >= 4 is 23.3 Å². The molecule has 2 heterocycles. The number of methoxy groups -OCH3 is 2. The number of benzene rings is 2. The van der Waals surface area contributed by atoms with Crippen LogP contribution in [0.3, 0.4) is 0 Å². The summed E-state index contributed by atoms with van der Waals surface area (Å²) in [5.74, 6) is 0.676. The Balaban J connectivity index is 2.22. The number of pyridine rings is 1. The van der Waals surface area contributed by atoms with Gasteiger partial charge in [0.2, 0.25) is 0 Å². The van der Waals surface area contributed by atoms with Crippen molar-refractivity contribution in [3.8, 4) is 28.4 Å². The number of fused-ring (bicyclic) bond motifs is 1. The van der Waals surface area contributed by atoms with E-state index in [0.29, 0.717) is 22.7 Å². The van der Waals surface area contributed by atoms with E-state index in [9.17, 15) is 18.0 Å². The molecule has 10 heteroatoms. The lowest BCUT2D eigenvalue weighted by Gasteiger charge is -2.18. The quantitative estimate of drug-likeness (QED) is 0.428. The summed E-state index contributed by atoms with van der Waals surface area (Å²) in [4.78, 5) is 19.4. The molecule has 0 unspecified atom stereocenters. The average Bonchev–Trinajstić information content (AvgIpc) is 2.78. The molecule has 0 fully saturated rings. The summed E-state index contributed by atoms with van der Waals surface area (Å²) in [6.45, 7) is 0. The van der Waals surface area contributed by atoms with Crippen molar-refractivity contribution in [1.82, 2.24) is 14.5 Å². The Kier molecular flexibility index (Phi) is 5.47. The van der Waals surface area contributed by atoms with Crippen molar-refractivity contribution in [2.24, 2.45) is 0 Å². The minimum absolute atomic E-state index is 0.0223. The van der Waals surface area contributed by atoms with Gasteiger partial charge in [-0.2, -0.15) is 13.2 Å². The van der Waals surface area contributed by atoms with E-state index in [4.69, 9.17) is 21.7 Å². The molecule has 2 aromatic heterocycles. The van der Waals surface area contributed by atoms with E-state index < -0.39 is 22.7 Å². The van der Waals surface area contributed by atoms with E-state index in [1.807, 2.05) is 0 Å². The Morgan fingerprint density at radius 1 is 1.00 bits per heavy atom. The van der Waals surface area contributed by atoms with Crippen molar-refractivity contribution < 1.29 is 22.6 Å². The molecule has 0 spiro atoms. The minimum Gasteiger partial charge on any atom is -0.496 e. The number of hydrogen-bond donors (Lipinski definition) is 1. The number of halogens is 3. The summed E-state index contributed by atoms with van der Waals surface area (Å²) in [6, 6.07) is 14.0. The molecule has 4 rings (SSSR count). The Labute approximate surface area is 184 Å². The lowest BCUT2D eigenvalue weighted by atomic mass is 10.0. The molecule has 0 bridgehead atoms. The monoisotopic (exact) mass is 459 g/mol. The van der Waals surface area contributed by atoms with Crippen molar-refractivity contribution in [1.29, 1.82) is 0 Å². The second-order valence-corrected chi connectivity index (χ2v) is 7.10. The molecule has 6 nitrogen and oxygen atoms in total. The molecule has 0 saturated carbocycles. The van der Waals surface area contributed by atoms with Crippen molar-refractivity contribution in [2.75, 3.05) is 14.2 Å². The molecular formula is C22H16F3N3O3S. The number of hydrogen-bond acceptors (Lipinski definition) is 5. The van der Waals surface area contributed by atoms with Gasteiger partial charge < -0.3 is 9.47 Å². The SMILES string of the molecule is COc1ccccc1-c1cc(C(F)(F)F)c2c(=O)[nH]c(=S)n(-c3ccccc3OC)c2n1. The second-order valence-electron chi connectivity index (χ2n) is 6.72. The van der Waals surface area contributed by atoms with E-state index in [-0.39, 0.29) is 16.1 Å². The summed E-state index contributed by atoms with van der Waals surface area (Å²) in [5.41, 5.74) is -1.73. The van der Waals surface area contributed by atoms with Gasteiger partial charge in [0.1, 0.15) is 11.5 Å². The van der Waals surface area contributed by atoms with Gasteiger partial charge in [0, 0.05) is 5.56 Å². The lowest BCUT2D eigenvalue weighted by Crippen LogP contribution is -2.20. The van der Waals surface area contributed by atoms with E-state index in [1.54, 1.807) is 48.5 Å². The van der Waals surface area contributed by atoms with E-state index in [0.717, 1.165) is 6.07 Å². The van der Waals surface area contributed by atoms with Crippen LogP contribution in [-0.2, 0) is 6.18 Å². The zero-order valence-corrected chi connectivity index (χ0v) is 17.7. The summed E-state index contributed by atoms with van der Waals surface area (Å²) in [5, 5.41) is -0.629. The molecule has 0 amide bonds. The molecule has 2 aromatic carbocycles. The van der Waals surface area contributed by atoms with Gasteiger partial charge in [-0.3, -0.25) is 14.3 Å². The number of alkyl halides is 3. The summed E-state index contributed by atoms with van der Waals surface area (Å²) < 4.78 is 54.0. The standard InChI is InChI=1S/C22H16F3N3O3S/c1-30-16-9-5-3-7-12(16)14-11-13(22(23,24)25)18-19(26-14)28(21(32)27-20(18)29)15-8-4-6-10-17(15)31-2/h3-11H,1-2H3,(H,27,29,32). The molecule has 0 saturated heterocycles. The Bertz CT molecular complexity index is 1440. The van der Waals surface area contributed by atoms with Gasteiger partial charge in [0.05, 0.1) is 36.6 Å². The van der Waals surface area contributed by atoms with Crippen molar-refractivity contribution in [2.45, 2.75) is 6.18 Å². The first-order valence-corrected chi connectivity index (χ1v) is 9.71. The Morgan fingerprint density at radius 2 is 1.62 bits per heavy atom. The molecule has 1 N–H and O–H groups in total. The highest BCUT2D eigenvalue weighted by Gasteiger charge is 2.36. The summed E-state index contributed by atoms with van der Waals surface area (Å²) in [7, 11) is 2.83. The number of aromatic amines is 1. The third-order valence-electron chi connectivity index (χ3n) is 4.88. The maximum atomic E-state index is 14.1.